The van der Waals surface area contributed by atoms with Crippen LogP contribution in [0.3, 0.4) is 0 Å². The summed E-state index contributed by atoms with van der Waals surface area (Å²) in [5.41, 5.74) is 2.35. The van der Waals surface area contributed by atoms with Gasteiger partial charge in [-0.3, -0.25) is 4.98 Å². The Morgan fingerprint density at radius 3 is 3.00 bits per heavy atom. The van der Waals surface area contributed by atoms with E-state index in [0.29, 0.717) is 11.3 Å². The molecule has 1 fully saturated rings. The summed E-state index contributed by atoms with van der Waals surface area (Å²) < 4.78 is 0. The molecule has 0 radical (unpaired) electrons. The van der Waals surface area contributed by atoms with E-state index >= 15 is 0 Å². The molecular formula is C12H17ClN2. The summed E-state index contributed by atoms with van der Waals surface area (Å²) in [4.78, 5) is 6.62. The summed E-state index contributed by atoms with van der Waals surface area (Å²) in [5.74, 6) is 0.564. The molecule has 0 spiro atoms. The van der Waals surface area contributed by atoms with Crippen LogP contribution in [0.5, 0.6) is 0 Å². The van der Waals surface area contributed by atoms with Gasteiger partial charge >= 0.3 is 0 Å². The predicted molar refractivity (Wildman–Crippen MR) is 64.6 cm³/mol. The monoisotopic (exact) mass is 224 g/mol. The Bertz CT molecular complexity index is 340. The molecule has 15 heavy (non-hydrogen) atoms. The highest BCUT2D eigenvalue weighted by atomic mass is 35.5. The summed E-state index contributed by atoms with van der Waals surface area (Å²) in [5, 5.41) is 0.337. The number of hydrogen-bond donors (Lipinski definition) is 0. The highest BCUT2D eigenvalue weighted by Gasteiger charge is 2.24. The Morgan fingerprint density at radius 1 is 1.53 bits per heavy atom. The second kappa shape index (κ2) is 4.40. The molecule has 2 rings (SSSR count). The molecule has 0 N–H and O–H groups in total. The molecule has 1 aromatic rings. The van der Waals surface area contributed by atoms with Gasteiger partial charge in [-0.2, -0.15) is 0 Å². The molecule has 3 heteroatoms. The normalized spacial score (nSPS) is 26.7. The zero-order valence-electron chi connectivity index (χ0n) is 9.28. The fraction of sp³-hybridized carbons (Fsp3) is 0.583. The number of anilines is 1. The van der Waals surface area contributed by atoms with Crippen LogP contribution in [0, 0.1) is 12.8 Å². The number of alkyl halides is 1. The van der Waals surface area contributed by atoms with Crippen molar-refractivity contribution in [2.24, 2.45) is 5.92 Å². The first-order chi connectivity index (χ1) is 7.16. The lowest BCUT2D eigenvalue weighted by molar-refractivity contribution is 0.454. The van der Waals surface area contributed by atoms with Crippen LogP contribution in [0.2, 0.25) is 0 Å². The van der Waals surface area contributed by atoms with Gasteiger partial charge in [-0.1, -0.05) is 6.92 Å². The third-order valence-corrected chi connectivity index (χ3v) is 3.69. The quantitative estimate of drug-likeness (QED) is 0.682. The minimum atomic E-state index is 0.337. The number of hydrogen-bond acceptors (Lipinski definition) is 2. The van der Waals surface area contributed by atoms with Gasteiger partial charge in [0.25, 0.3) is 0 Å². The van der Waals surface area contributed by atoms with Crippen LogP contribution in [-0.2, 0) is 0 Å². The molecule has 2 nitrogen and oxygen atoms in total. The first-order valence-corrected chi connectivity index (χ1v) is 5.92. The Labute approximate surface area is 96.3 Å². The molecule has 1 aliphatic heterocycles. The van der Waals surface area contributed by atoms with E-state index in [-0.39, 0.29) is 0 Å². The maximum absolute atomic E-state index is 6.21. The van der Waals surface area contributed by atoms with Crippen molar-refractivity contribution in [2.75, 3.05) is 18.0 Å². The van der Waals surface area contributed by atoms with E-state index in [0.717, 1.165) is 25.2 Å². The minimum absolute atomic E-state index is 0.337. The van der Waals surface area contributed by atoms with Crippen LogP contribution < -0.4 is 4.90 Å². The molecule has 0 saturated carbocycles. The number of aromatic nitrogens is 1. The van der Waals surface area contributed by atoms with E-state index in [1.54, 1.807) is 0 Å². The Balaban J connectivity index is 2.12. The van der Waals surface area contributed by atoms with Crippen LogP contribution >= 0.6 is 11.6 Å². The first kappa shape index (κ1) is 10.7. The molecule has 0 amide bonds. The van der Waals surface area contributed by atoms with Crippen molar-refractivity contribution in [2.45, 2.75) is 25.6 Å². The smallest absolute Gasteiger partial charge is 0.0399 e. The van der Waals surface area contributed by atoms with Crippen LogP contribution in [0.15, 0.2) is 18.3 Å². The molecule has 0 aliphatic carbocycles. The highest BCUT2D eigenvalue weighted by Crippen LogP contribution is 2.26. The van der Waals surface area contributed by atoms with E-state index in [1.165, 1.54) is 5.69 Å². The summed E-state index contributed by atoms with van der Waals surface area (Å²) in [6.45, 7) is 6.36. The lowest BCUT2D eigenvalue weighted by Crippen LogP contribution is -2.39. The number of pyridine rings is 1. The van der Waals surface area contributed by atoms with Gasteiger partial charge in [0.05, 0.1) is 0 Å². The Morgan fingerprint density at radius 2 is 2.33 bits per heavy atom. The largest absolute Gasteiger partial charge is 0.371 e. The second-order valence-corrected chi connectivity index (χ2v) is 4.94. The van der Waals surface area contributed by atoms with Crippen molar-refractivity contribution in [3.05, 3.63) is 24.0 Å². The fourth-order valence-electron chi connectivity index (χ4n) is 2.08. The summed E-state index contributed by atoms with van der Waals surface area (Å²) in [6.07, 6.45) is 2.95. The lowest BCUT2D eigenvalue weighted by atomic mass is 9.99. The van der Waals surface area contributed by atoms with E-state index in [9.17, 15) is 0 Å². The van der Waals surface area contributed by atoms with Gasteiger partial charge in [0.2, 0.25) is 0 Å². The zero-order chi connectivity index (χ0) is 10.8. The molecule has 82 valence electrons. The number of nitrogens with zero attached hydrogens (tertiary/aromatic N) is 2. The second-order valence-electron chi connectivity index (χ2n) is 4.38. The van der Waals surface area contributed by atoms with Gasteiger partial charge in [0, 0.05) is 36.0 Å². The van der Waals surface area contributed by atoms with Gasteiger partial charge in [0.1, 0.15) is 0 Å². The predicted octanol–water partition coefficient (Wildman–Crippen LogP) is 2.84. The van der Waals surface area contributed by atoms with Crippen LogP contribution in [-0.4, -0.2) is 23.5 Å². The topological polar surface area (TPSA) is 16.1 Å². The van der Waals surface area contributed by atoms with Crippen LogP contribution in [0.4, 0.5) is 5.69 Å². The van der Waals surface area contributed by atoms with Crippen molar-refractivity contribution in [3.8, 4) is 0 Å². The SMILES string of the molecule is Cc1cc(N2CCC(Cl)C(C)C2)ccn1. The average molecular weight is 225 g/mol. The van der Waals surface area contributed by atoms with E-state index < -0.39 is 0 Å². The number of rotatable bonds is 1. The number of piperidine rings is 1. The molecule has 0 bridgehead atoms. The van der Waals surface area contributed by atoms with Crippen molar-refractivity contribution < 1.29 is 0 Å². The van der Waals surface area contributed by atoms with Gasteiger partial charge in [-0.25, -0.2) is 0 Å². The Hall–Kier alpha value is -0.760. The minimum Gasteiger partial charge on any atom is -0.371 e. The molecular weight excluding hydrogens is 208 g/mol. The summed E-state index contributed by atoms with van der Waals surface area (Å²) in [6, 6.07) is 4.22. The van der Waals surface area contributed by atoms with Crippen LogP contribution in [0.25, 0.3) is 0 Å². The molecule has 2 unspecified atom stereocenters. The maximum Gasteiger partial charge on any atom is 0.0399 e. The zero-order valence-corrected chi connectivity index (χ0v) is 10.0. The highest BCUT2D eigenvalue weighted by molar-refractivity contribution is 6.20. The van der Waals surface area contributed by atoms with E-state index in [4.69, 9.17) is 11.6 Å². The molecule has 0 aromatic carbocycles. The molecule has 1 saturated heterocycles. The van der Waals surface area contributed by atoms with Crippen LogP contribution in [0.1, 0.15) is 19.0 Å². The molecule has 2 heterocycles. The average Bonchev–Trinajstić information content (AvgIpc) is 2.22. The third kappa shape index (κ3) is 2.43. The third-order valence-electron chi connectivity index (χ3n) is 3.05. The van der Waals surface area contributed by atoms with Crippen molar-refractivity contribution in [1.82, 2.24) is 4.98 Å². The molecule has 2 atom stereocenters. The van der Waals surface area contributed by atoms with Gasteiger partial charge < -0.3 is 4.90 Å². The van der Waals surface area contributed by atoms with Crippen molar-refractivity contribution in [3.63, 3.8) is 0 Å². The van der Waals surface area contributed by atoms with E-state index in [1.807, 2.05) is 13.1 Å². The molecule has 1 aliphatic rings. The number of aryl methyl sites for hydroxylation is 1. The standard InChI is InChI=1S/C12H17ClN2/c1-9-8-15(6-4-12(9)13)11-3-5-14-10(2)7-11/h3,5,7,9,12H,4,6,8H2,1-2H3. The number of halogens is 1. The first-order valence-electron chi connectivity index (χ1n) is 5.48. The van der Waals surface area contributed by atoms with Gasteiger partial charge in [-0.15, -0.1) is 11.6 Å². The lowest BCUT2D eigenvalue weighted by Gasteiger charge is -2.35. The summed E-state index contributed by atoms with van der Waals surface area (Å²) >= 11 is 6.21. The van der Waals surface area contributed by atoms with E-state index in [2.05, 4.69) is 28.9 Å². The van der Waals surface area contributed by atoms with Gasteiger partial charge in [-0.05, 0) is 31.4 Å². The Kier molecular flexibility index (Phi) is 3.15. The molecule has 1 aromatic heterocycles. The maximum atomic E-state index is 6.21. The summed E-state index contributed by atoms with van der Waals surface area (Å²) in [7, 11) is 0. The van der Waals surface area contributed by atoms with Crippen molar-refractivity contribution >= 4 is 17.3 Å². The van der Waals surface area contributed by atoms with Crippen molar-refractivity contribution in [1.29, 1.82) is 0 Å². The van der Waals surface area contributed by atoms with Gasteiger partial charge in [0.15, 0.2) is 0 Å². The fourth-order valence-corrected chi connectivity index (χ4v) is 2.26.